The van der Waals surface area contributed by atoms with Gasteiger partial charge in [0, 0.05) is 12.1 Å². The molecule has 0 amide bonds. The number of nitrogens with zero attached hydrogens (tertiary/aromatic N) is 1. The van der Waals surface area contributed by atoms with E-state index >= 15 is 0 Å². The first-order valence-electron chi connectivity index (χ1n) is 4.63. The van der Waals surface area contributed by atoms with E-state index in [-0.39, 0.29) is 12.1 Å². The third-order valence-corrected chi connectivity index (χ3v) is 3.22. The lowest BCUT2D eigenvalue weighted by molar-refractivity contribution is 0.151. The van der Waals surface area contributed by atoms with Gasteiger partial charge in [-0.25, -0.2) is 4.39 Å². The lowest BCUT2D eigenvalue weighted by Gasteiger charge is -2.32. The maximum Gasteiger partial charge on any atom is 0.293 e. The van der Waals surface area contributed by atoms with Gasteiger partial charge in [-0.15, -0.1) is 0 Å². The van der Waals surface area contributed by atoms with Crippen LogP contribution in [0.15, 0.2) is 0 Å². The Balaban J connectivity index is 2.03. The molecule has 1 aliphatic heterocycles. The number of alkyl halides is 1. The molecule has 5 heteroatoms. The molecule has 13 heavy (non-hydrogen) atoms. The number of piperidine rings is 1. The Hall–Kier alpha value is -0.415. The van der Waals surface area contributed by atoms with E-state index < -0.39 is 6.17 Å². The molecular weight excluding hydrogens is 170 g/mol. The predicted molar refractivity (Wildman–Crippen MR) is 48.8 cm³/mol. The molecule has 1 aliphatic carbocycles. The summed E-state index contributed by atoms with van der Waals surface area (Å²) >= 11 is 0. The fraction of sp³-hybridized carbons (Fsp3) is 0.875. The van der Waals surface area contributed by atoms with E-state index in [4.69, 9.17) is 0 Å². The largest absolute Gasteiger partial charge is 0.334 e. The van der Waals surface area contributed by atoms with E-state index in [1.54, 1.807) is 7.05 Å². The van der Waals surface area contributed by atoms with Crippen LogP contribution in [0.2, 0.25) is 0 Å². The monoisotopic (exact) mass is 183 g/mol. The van der Waals surface area contributed by atoms with Gasteiger partial charge in [-0.1, -0.05) is 0 Å². The molecule has 2 unspecified atom stereocenters. The summed E-state index contributed by atoms with van der Waals surface area (Å²) in [5, 5.41) is 3.00. The van der Waals surface area contributed by atoms with Crippen LogP contribution in [-0.4, -0.2) is 50.3 Å². The van der Waals surface area contributed by atoms with E-state index in [9.17, 15) is 9.18 Å². The Morgan fingerprint density at radius 3 is 3.00 bits per heavy atom. The van der Waals surface area contributed by atoms with Crippen molar-refractivity contribution in [2.45, 2.75) is 24.7 Å². The Morgan fingerprint density at radius 1 is 1.69 bits per heavy atom. The molecule has 2 bridgehead atoms. The number of halogens is 1. The number of hydrogen-bond acceptors (Lipinski definition) is 3. The van der Waals surface area contributed by atoms with Crippen LogP contribution in [0.25, 0.3) is 0 Å². The molecule has 3 nitrogen and oxygen atoms in total. The van der Waals surface area contributed by atoms with Crippen LogP contribution < -0.4 is 5.32 Å². The van der Waals surface area contributed by atoms with Crippen molar-refractivity contribution in [2.24, 2.45) is 5.92 Å². The summed E-state index contributed by atoms with van der Waals surface area (Å²) in [5.41, 5.74) is 0. The Bertz CT molecular complexity index is 214. The number of fused-ring (bicyclic) bond motifs is 2. The van der Waals surface area contributed by atoms with Crippen LogP contribution in [0.5, 0.6) is 0 Å². The van der Waals surface area contributed by atoms with E-state index in [0.717, 1.165) is 19.2 Å². The van der Waals surface area contributed by atoms with Crippen molar-refractivity contribution in [1.29, 1.82) is 0 Å². The van der Waals surface area contributed by atoms with Crippen molar-refractivity contribution in [3.63, 3.8) is 0 Å². The maximum absolute atomic E-state index is 13.6. The fourth-order valence-electron chi connectivity index (χ4n) is 2.64. The van der Waals surface area contributed by atoms with Crippen LogP contribution >= 0.6 is 0 Å². The van der Waals surface area contributed by atoms with Gasteiger partial charge in [0.2, 0.25) is 0 Å². The second-order valence-electron chi connectivity index (χ2n) is 3.80. The van der Waals surface area contributed by atoms with Crippen molar-refractivity contribution in [3.05, 3.63) is 0 Å². The minimum Gasteiger partial charge on any atom is -0.334 e. The maximum atomic E-state index is 13.6. The molecule has 1 radical (unpaired) electrons. The normalized spacial score (nSPS) is 43.8. The molecule has 1 N–H and O–H groups in total. The molecule has 71 valence electrons. The van der Waals surface area contributed by atoms with Crippen LogP contribution in [-0.2, 0) is 4.79 Å². The SMILES string of the molecule is CN[C@@H]1C2CC([C@@H]1F)N([B]C=O)C2. The van der Waals surface area contributed by atoms with Gasteiger partial charge in [0.05, 0.1) is 6.19 Å². The Kier molecular flexibility index (Phi) is 2.38. The first-order valence-corrected chi connectivity index (χ1v) is 4.63. The zero-order chi connectivity index (χ0) is 9.42. The molecular formula is C8H13BFN2O. The highest BCUT2D eigenvalue weighted by Crippen LogP contribution is 2.38. The predicted octanol–water partition coefficient (Wildman–Crippen LogP) is -0.574. The zero-order valence-electron chi connectivity index (χ0n) is 7.61. The lowest BCUT2D eigenvalue weighted by atomic mass is 9.89. The van der Waals surface area contributed by atoms with Gasteiger partial charge in [-0.2, -0.15) is 0 Å². The van der Waals surface area contributed by atoms with Gasteiger partial charge in [0.15, 0.2) is 0 Å². The summed E-state index contributed by atoms with van der Waals surface area (Å²) in [4.78, 5) is 12.1. The van der Waals surface area contributed by atoms with Gasteiger partial charge < -0.3 is 14.9 Å². The highest BCUT2D eigenvalue weighted by molar-refractivity contribution is 6.64. The topological polar surface area (TPSA) is 32.3 Å². The molecule has 4 atom stereocenters. The van der Waals surface area contributed by atoms with E-state index in [1.165, 1.54) is 7.41 Å². The summed E-state index contributed by atoms with van der Waals surface area (Å²) < 4.78 is 13.6. The first kappa shape index (κ1) is 9.15. The quantitative estimate of drug-likeness (QED) is 0.469. The molecule has 0 aromatic heterocycles. The number of rotatable bonds is 3. The van der Waals surface area contributed by atoms with Gasteiger partial charge in [0.1, 0.15) is 6.17 Å². The van der Waals surface area contributed by atoms with E-state index in [1.807, 2.05) is 4.81 Å². The van der Waals surface area contributed by atoms with Gasteiger partial charge in [-0.05, 0) is 25.9 Å². The molecule has 0 aromatic rings. The summed E-state index contributed by atoms with van der Waals surface area (Å²) in [5.74, 6) is 0.362. The van der Waals surface area contributed by atoms with Gasteiger partial charge in [-0.3, -0.25) is 0 Å². The Labute approximate surface area is 77.9 Å². The third kappa shape index (κ3) is 1.30. The average molecular weight is 183 g/mol. The second kappa shape index (κ2) is 3.38. The lowest BCUT2D eigenvalue weighted by Crippen LogP contribution is -2.52. The molecule has 1 heterocycles. The molecule has 1 saturated heterocycles. The van der Waals surface area contributed by atoms with Crippen molar-refractivity contribution in [3.8, 4) is 0 Å². The summed E-state index contributed by atoms with van der Waals surface area (Å²) in [6.45, 7) is 0.815. The molecule has 1 saturated carbocycles. The minimum absolute atomic E-state index is 0.0127. The first-order chi connectivity index (χ1) is 6.27. The van der Waals surface area contributed by atoms with Crippen LogP contribution in [0, 0.1) is 5.92 Å². The summed E-state index contributed by atoms with van der Waals surface area (Å²) in [6.07, 6.45) is 0.777. The molecule has 2 fully saturated rings. The van der Waals surface area contributed by atoms with E-state index in [2.05, 4.69) is 5.32 Å². The summed E-state index contributed by atoms with van der Waals surface area (Å²) in [6, 6.07) is -0.0889. The third-order valence-electron chi connectivity index (χ3n) is 3.22. The van der Waals surface area contributed by atoms with Gasteiger partial charge in [0.25, 0.3) is 7.41 Å². The van der Waals surface area contributed by atoms with Crippen LogP contribution in [0.3, 0.4) is 0 Å². The standard InChI is InChI=1S/C8H13BFN2O/c1-11-8-5-2-6(7(8)10)12(3-5)9-4-13/h4-8,11H,2-3H2,1H3/t5?,6?,7-,8+/m0/s1. The van der Waals surface area contributed by atoms with Crippen molar-refractivity contribution in [1.82, 2.24) is 10.1 Å². The molecule has 2 rings (SSSR count). The fourth-order valence-corrected chi connectivity index (χ4v) is 2.64. The van der Waals surface area contributed by atoms with Crippen molar-refractivity contribution < 1.29 is 9.18 Å². The molecule has 2 aliphatic rings. The number of hydrogen-bond donors (Lipinski definition) is 1. The van der Waals surface area contributed by atoms with Crippen LogP contribution in [0.4, 0.5) is 4.39 Å². The minimum atomic E-state index is -0.833. The highest BCUT2D eigenvalue weighted by atomic mass is 19.1. The smallest absolute Gasteiger partial charge is 0.293 e. The van der Waals surface area contributed by atoms with Crippen molar-refractivity contribution >= 4 is 13.6 Å². The summed E-state index contributed by atoms with van der Waals surface area (Å²) in [7, 11) is 3.26. The highest BCUT2D eigenvalue weighted by Gasteiger charge is 2.51. The number of nitrogens with one attached hydrogen (secondary N) is 1. The molecule has 0 spiro atoms. The second-order valence-corrected chi connectivity index (χ2v) is 3.80. The van der Waals surface area contributed by atoms with Crippen LogP contribution in [0.1, 0.15) is 6.42 Å². The Morgan fingerprint density at radius 2 is 2.46 bits per heavy atom. The van der Waals surface area contributed by atoms with E-state index in [0.29, 0.717) is 5.92 Å². The number of carbonyl (C=O) groups is 1. The van der Waals surface area contributed by atoms with Gasteiger partial charge >= 0.3 is 0 Å². The zero-order valence-corrected chi connectivity index (χ0v) is 7.61. The average Bonchev–Trinajstić information content (AvgIpc) is 2.62. The van der Waals surface area contributed by atoms with Crippen molar-refractivity contribution in [2.75, 3.05) is 13.6 Å². The number of carbonyl (C=O) groups excluding carboxylic acids is 1. The molecule has 0 aromatic carbocycles.